The molecule has 0 atom stereocenters. The molecule has 0 fully saturated rings. The van der Waals surface area contributed by atoms with Crippen LogP contribution in [0.4, 0.5) is 0 Å². The van der Waals surface area contributed by atoms with Crippen molar-refractivity contribution in [1.29, 1.82) is 0 Å². The van der Waals surface area contributed by atoms with E-state index in [1.807, 2.05) is 92.7 Å². The number of pyridine rings is 1. The molecule has 0 amide bonds. The second-order valence-electron chi connectivity index (χ2n) is 12.8. The Hall–Kier alpha value is -5.45. The third-order valence-corrected chi connectivity index (χ3v) is 9.70. The molecule has 0 aliphatic heterocycles. The van der Waals surface area contributed by atoms with Crippen molar-refractivity contribution in [3.63, 3.8) is 0 Å². The first-order chi connectivity index (χ1) is 26.4. The molecule has 3 heterocycles. The van der Waals surface area contributed by atoms with E-state index in [1.54, 1.807) is 6.20 Å². The molecule has 0 bridgehead atoms. The molecule has 9 aromatic rings. The average Bonchev–Trinajstić information content (AvgIpc) is 3.83. The van der Waals surface area contributed by atoms with Crippen molar-refractivity contribution >= 4 is 32.5 Å². The van der Waals surface area contributed by atoms with Gasteiger partial charge in [0.2, 0.25) is 0 Å². The fraction of sp³-hybridized carbons (Fsp3) is 0.0833. The summed E-state index contributed by atoms with van der Waals surface area (Å²) in [6.07, 6.45) is 0.376. The number of para-hydroxylation sites is 3. The van der Waals surface area contributed by atoms with Gasteiger partial charge in [0.1, 0.15) is 0 Å². The molecule has 5 heteroatoms. The molecule has 3 nitrogen and oxygen atoms in total. The van der Waals surface area contributed by atoms with Crippen LogP contribution in [-0.4, -0.2) is 14.5 Å². The Bertz CT molecular complexity index is 2560. The molecular weight excluding hydrogens is 843 g/mol. The van der Waals surface area contributed by atoms with Crippen LogP contribution in [0.15, 0.2) is 170 Å². The Morgan fingerprint density at radius 2 is 1.40 bits per heavy atom. The molecule has 6 aromatic carbocycles. The Labute approximate surface area is 331 Å². The van der Waals surface area contributed by atoms with Gasteiger partial charge in [-0.25, -0.2) is 0 Å². The van der Waals surface area contributed by atoms with Crippen LogP contribution in [0.3, 0.4) is 0 Å². The Balaban J connectivity index is 0.000000305. The van der Waals surface area contributed by atoms with E-state index in [4.69, 9.17) is 7.73 Å². The number of aromatic nitrogens is 3. The maximum absolute atomic E-state index is 8.64. The van der Waals surface area contributed by atoms with Gasteiger partial charge in [0, 0.05) is 40.2 Å². The van der Waals surface area contributed by atoms with Crippen LogP contribution in [0.5, 0.6) is 0 Å². The number of hydrogen-bond acceptors (Lipinski definition) is 3. The molecule has 0 aliphatic rings. The zero-order chi connectivity index (χ0) is 37.1. The fourth-order valence-corrected chi connectivity index (χ4v) is 7.42. The van der Waals surface area contributed by atoms with Gasteiger partial charge in [-0.3, -0.25) is 16.3 Å². The molecule has 1 radical (unpaired) electrons. The normalized spacial score (nSPS) is 11.8. The molecule has 0 unspecified atom stereocenters. The first-order valence-corrected chi connectivity index (χ1v) is 18.3. The van der Waals surface area contributed by atoms with Gasteiger partial charge in [-0.2, -0.15) is 0 Å². The van der Waals surface area contributed by atoms with Crippen molar-refractivity contribution in [2.24, 2.45) is 5.92 Å². The van der Waals surface area contributed by atoms with Crippen LogP contribution in [0, 0.1) is 17.4 Å². The minimum atomic E-state index is -1.41. The van der Waals surface area contributed by atoms with Crippen LogP contribution in [-0.2, 0) is 26.5 Å². The summed E-state index contributed by atoms with van der Waals surface area (Å²) in [6, 6.07) is 58.6. The fourth-order valence-electron chi connectivity index (χ4n) is 6.54. The molecular formula is C48H37IrN3S-2. The van der Waals surface area contributed by atoms with E-state index in [2.05, 4.69) is 106 Å². The van der Waals surface area contributed by atoms with E-state index >= 15 is 0 Å². The van der Waals surface area contributed by atoms with Crippen LogP contribution < -0.4 is 0 Å². The third kappa shape index (κ3) is 7.70. The van der Waals surface area contributed by atoms with Crippen LogP contribution in [0.2, 0.25) is 0 Å². The SMILES string of the molecule is [2H]C([2H])(c1ccc2c(-c3nc4ccccc4n3-c3c(-c4ccccc4)cccc3-c3ccccc3)[c-]sc2c1)C(C)C.[Ir].[c-]1ccccc1-c1ccccn1. The third-order valence-electron chi connectivity index (χ3n) is 8.83. The molecule has 0 spiro atoms. The minimum absolute atomic E-state index is 0. The van der Waals surface area contributed by atoms with Crippen molar-refractivity contribution in [2.75, 3.05) is 0 Å². The quantitative estimate of drug-likeness (QED) is 0.149. The summed E-state index contributed by atoms with van der Waals surface area (Å²) in [5, 5.41) is 4.59. The van der Waals surface area contributed by atoms with Gasteiger partial charge in [-0.15, -0.1) is 47.3 Å². The minimum Gasteiger partial charge on any atom is -0.332 e. The number of thiophene rings is 1. The average molecular weight is 882 g/mol. The van der Waals surface area contributed by atoms with E-state index in [-0.39, 0.29) is 26.0 Å². The summed E-state index contributed by atoms with van der Waals surface area (Å²) in [5.74, 6) is 0.691. The van der Waals surface area contributed by atoms with Crippen LogP contribution in [0.25, 0.3) is 71.7 Å². The van der Waals surface area contributed by atoms with Gasteiger partial charge in [0.25, 0.3) is 0 Å². The van der Waals surface area contributed by atoms with Gasteiger partial charge < -0.3 is 9.55 Å². The molecule has 0 saturated carbocycles. The first kappa shape index (κ1) is 33.4. The van der Waals surface area contributed by atoms with Crippen molar-refractivity contribution in [3.8, 4) is 50.6 Å². The van der Waals surface area contributed by atoms with E-state index < -0.39 is 6.37 Å². The topological polar surface area (TPSA) is 30.7 Å². The first-order valence-electron chi connectivity index (χ1n) is 18.4. The van der Waals surface area contributed by atoms with Gasteiger partial charge >= 0.3 is 0 Å². The largest absolute Gasteiger partial charge is 0.332 e. The second kappa shape index (κ2) is 16.5. The number of nitrogens with zero attached hydrogens (tertiary/aromatic N) is 3. The van der Waals surface area contributed by atoms with E-state index in [0.717, 1.165) is 71.7 Å². The van der Waals surface area contributed by atoms with E-state index in [9.17, 15) is 0 Å². The summed E-state index contributed by atoms with van der Waals surface area (Å²) in [4.78, 5) is 9.43. The second-order valence-corrected chi connectivity index (χ2v) is 13.6. The number of rotatable bonds is 7. The number of hydrogen-bond donors (Lipinski definition) is 0. The zero-order valence-corrected chi connectivity index (χ0v) is 32.5. The molecule has 53 heavy (non-hydrogen) atoms. The Kier molecular flexibility index (Phi) is 10.4. The smallest absolute Gasteiger partial charge is 0.0774 e. The Morgan fingerprint density at radius 3 is 2.06 bits per heavy atom. The van der Waals surface area contributed by atoms with Crippen molar-refractivity contribution in [1.82, 2.24) is 14.5 Å². The predicted molar refractivity (Wildman–Crippen MR) is 219 cm³/mol. The molecule has 0 saturated heterocycles. The van der Waals surface area contributed by atoms with E-state index in [1.165, 1.54) is 11.3 Å². The summed E-state index contributed by atoms with van der Waals surface area (Å²) in [5.41, 5.74) is 11.1. The van der Waals surface area contributed by atoms with Gasteiger partial charge in [-0.05, 0) is 47.3 Å². The molecule has 0 aliphatic carbocycles. The molecule has 261 valence electrons. The maximum Gasteiger partial charge on any atom is 0.0774 e. The number of imidazole rings is 1. The molecule has 9 rings (SSSR count). The van der Waals surface area contributed by atoms with Gasteiger partial charge in [-0.1, -0.05) is 150 Å². The van der Waals surface area contributed by atoms with Gasteiger partial charge in [0.05, 0.1) is 22.5 Å². The van der Waals surface area contributed by atoms with Crippen molar-refractivity contribution in [2.45, 2.75) is 20.2 Å². The summed E-state index contributed by atoms with van der Waals surface area (Å²) in [7, 11) is 0. The zero-order valence-electron chi connectivity index (χ0n) is 31.3. The van der Waals surface area contributed by atoms with Crippen LogP contribution in [0.1, 0.15) is 22.2 Å². The Morgan fingerprint density at radius 1 is 0.717 bits per heavy atom. The van der Waals surface area contributed by atoms with Crippen molar-refractivity contribution < 1.29 is 22.8 Å². The van der Waals surface area contributed by atoms with Gasteiger partial charge in [0.15, 0.2) is 0 Å². The van der Waals surface area contributed by atoms with Crippen molar-refractivity contribution in [3.05, 3.63) is 187 Å². The van der Waals surface area contributed by atoms with E-state index in [0.29, 0.717) is 5.56 Å². The summed E-state index contributed by atoms with van der Waals surface area (Å²) >= 11 is 1.52. The number of benzene rings is 6. The maximum atomic E-state index is 8.64. The summed E-state index contributed by atoms with van der Waals surface area (Å²) < 4.78 is 20.6. The number of fused-ring (bicyclic) bond motifs is 2. The van der Waals surface area contributed by atoms with Crippen LogP contribution >= 0.6 is 11.3 Å². The molecule has 0 N–H and O–H groups in total. The monoisotopic (exact) mass is 882 g/mol. The molecule has 3 aromatic heterocycles. The standard InChI is InChI=1S/C37H29N2S.C11H8N.Ir/c1-25(2)22-26-20-21-31-32(24-40-35(31)23-26)37-38-33-18-9-10-19-34(33)39(37)36-29(27-12-5-3-6-13-27)16-11-17-30(36)28-14-7-4-8-15-28;1-2-6-10(7-3-1)11-8-4-5-9-12-11;/h3-21,23,25H,22H2,1-2H3;1-6,8-9H;/q2*-1;/i22D2;;. The predicted octanol–water partition coefficient (Wildman–Crippen LogP) is 12.8. The summed E-state index contributed by atoms with van der Waals surface area (Å²) in [6.45, 7) is 3.85.